The molecule has 0 radical (unpaired) electrons. The first-order valence-corrected chi connectivity index (χ1v) is 9.41. The fourth-order valence-electron chi connectivity index (χ4n) is 3.39. The van der Waals surface area contributed by atoms with Crippen LogP contribution < -0.4 is 10.1 Å². The molecular weight excluding hydrogens is 324 g/mol. The van der Waals surface area contributed by atoms with Crippen molar-refractivity contribution < 1.29 is 9.53 Å². The molecular formula is C22H28N2O2. The molecule has 4 heteroatoms. The predicted octanol–water partition coefficient (Wildman–Crippen LogP) is 3.27. The van der Waals surface area contributed by atoms with Crippen LogP contribution in [0.25, 0.3) is 0 Å². The Bertz CT molecular complexity index is 696. The van der Waals surface area contributed by atoms with Crippen molar-refractivity contribution >= 4 is 5.91 Å². The van der Waals surface area contributed by atoms with E-state index < -0.39 is 0 Å². The van der Waals surface area contributed by atoms with Gasteiger partial charge in [-0.2, -0.15) is 0 Å². The van der Waals surface area contributed by atoms with E-state index in [1.807, 2.05) is 66.5 Å². The van der Waals surface area contributed by atoms with Crippen molar-refractivity contribution in [1.82, 2.24) is 10.2 Å². The van der Waals surface area contributed by atoms with Crippen molar-refractivity contribution in [2.75, 3.05) is 26.7 Å². The first kappa shape index (κ1) is 18.5. The summed E-state index contributed by atoms with van der Waals surface area (Å²) in [5.41, 5.74) is 2.07. The number of carbonyl (C=O) groups excluding carboxylic acids is 1. The van der Waals surface area contributed by atoms with Crippen LogP contribution in [0.2, 0.25) is 0 Å². The number of nitrogens with zero attached hydrogens (tertiary/aromatic N) is 1. The second kappa shape index (κ2) is 9.39. The molecule has 138 valence electrons. The standard InChI is InChI=1S/C22H28N2O2/c1-24(16-19-10-7-13-23-15-19)22(25)14-20-11-5-6-12-21(20)26-17-18-8-3-2-4-9-18/h2-6,8-9,11-12,19,23H,7,10,13-17H2,1H3/t19-/m0/s1. The topological polar surface area (TPSA) is 41.6 Å². The highest BCUT2D eigenvalue weighted by atomic mass is 16.5. The van der Waals surface area contributed by atoms with Gasteiger partial charge < -0.3 is 15.0 Å². The summed E-state index contributed by atoms with van der Waals surface area (Å²) in [4.78, 5) is 14.5. The van der Waals surface area contributed by atoms with Crippen LogP contribution in [0.15, 0.2) is 54.6 Å². The normalized spacial score (nSPS) is 16.9. The van der Waals surface area contributed by atoms with E-state index in [0.717, 1.165) is 36.5 Å². The Morgan fingerprint density at radius 3 is 2.69 bits per heavy atom. The summed E-state index contributed by atoms with van der Waals surface area (Å²) in [5.74, 6) is 1.49. The van der Waals surface area contributed by atoms with Crippen molar-refractivity contribution in [1.29, 1.82) is 0 Å². The number of nitrogens with one attached hydrogen (secondary N) is 1. The number of rotatable bonds is 7. The minimum Gasteiger partial charge on any atom is -0.489 e. The van der Waals surface area contributed by atoms with Gasteiger partial charge in [-0.15, -0.1) is 0 Å². The van der Waals surface area contributed by atoms with E-state index >= 15 is 0 Å². The molecule has 1 amide bonds. The van der Waals surface area contributed by atoms with Gasteiger partial charge in [-0.05, 0) is 43.5 Å². The van der Waals surface area contributed by atoms with Gasteiger partial charge in [0, 0.05) is 19.2 Å². The summed E-state index contributed by atoms with van der Waals surface area (Å²) >= 11 is 0. The molecule has 0 saturated carbocycles. The van der Waals surface area contributed by atoms with Gasteiger partial charge in [0.05, 0.1) is 6.42 Å². The average molecular weight is 352 g/mol. The van der Waals surface area contributed by atoms with Crippen molar-refractivity contribution in [3.8, 4) is 5.75 Å². The highest BCUT2D eigenvalue weighted by molar-refractivity contribution is 5.79. The van der Waals surface area contributed by atoms with E-state index in [1.165, 1.54) is 12.8 Å². The third-order valence-corrected chi connectivity index (χ3v) is 4.91. The molecule has 1 aliphatic rings. The number of ether oxygens (including phenoxy) is 1. The molecule has 1 N–H and O–H groups in total. The van der Waals surface area contributed by atoms with E-state index in [2.05, 4.69) is 5.32 Å². The highest BCUT2D eigenvalue weighted by Crippen LogP contribution is 2.21. The third kappa shape index (κ3) is 5.33. The second-order valence-electron chi connectivity index (χ2n) is 7.05. The first-order chi connectivity index (χ1) is 12.7. The van der Waals surface area contributed by atoms with Gasteiger partial charge in [-0.1, -0.05) is 48.5 Å². The molecule has 1 atom stereocenters. The zero-order valence-corrected chi connectivity index (χ0v) is 15.5. The lowest BCUT2D eigenvalue weighted by molar-refractivity contribution is -0.129. The minimum absolute atomic E-state index is 0.145. The van der Waals surface area contributed by atoms with Crippen LogP contribution in [0.4, 0.5) is 0 Å². The number of para-hydroxylation sites is 1. The number of hydrogen-bond donors (Lipinski definition) is 1. The largest absolute Gasteiger partial charge is 0.489 e. The number of hydrogen-bond acceptors (Lipinski definition) is 3. The van der Waals surface area contributed by atoms with Crippen molar-refractivity contribution in [3.63, 3.8) is 0 Å². The molecule has 1 aliphatic heterocycles. The number of likely N-dealkylation sites (N-methyl/N-ethyl adjacent to an activating group) is 1. The number of carbonyl (C=O) groups is 1. The van der Waals surface area contributed by atoms with Crippen LogP contribution >= 0.6 is 0 Å². The van der Waals surface area contributed by atoms with Crippen LogP contribution in [-0.2, 0) is 17.8 Å². The van der Waals surface area contributed by atoms with Gasteiger partial charge in [0.25, 0.3) is 0 Å². The molecule has 3 rings (SSSR count). The Kier molecular flexibility index (Phi) is 6.67. The zero-order valence-electron chi connectivity index (χ0n) is 15.5. The van der Waals surface area contributed by atoms with E-state index in [0.29, 0.717) is 18.9 Å². The quantitative estimate of drug-likeness (QED) is 0.832. The summed E-state index contributed by atoms with van der Waals surface area (Å²) in [6.45, 7) is 3.43. The van der Waals surface area contributed by atoms with Crippen molar-refractivity contribution in [2.45, 2.75) is 25.9 Å². The molecule has 1 saturated heterocycles. The van der Waals surface area contributed by atoms with E-state index in [1.54, 1.807) is 0 Å². The molecule has 1 heterocycles. The molecule has 0 spiro atoms. The maximum Gasteiger partial charge on any atom is 0.226 e. The minimum atomic E-state index is 0.145. The average Bonchev–Trinajstić information content (AvgIpc) is 2.69. The van der Waals surface area contributed by atoms with Crippen LogP contribution in [-0.4, -0.2) is 37.5 Å². The lowest BCUT2D eigenvalue weighted by Crippen LogP contribution is -2.39. The fraction of sp³-hybridized carbons (Fsp3) is 0.409. The summed E-state index contributed by atoms with van der Waals surface area (Å²) in [6, 6.07) is 17.9. The smallest absolute Gasteiger partial charge is 0.226 e. The molecule has 0 aliphatic carbocycles. The summed E-state index contributed by atoms with van der Waals surface area (Å²) in [5, 5.41) is 3.41. The van der Waals surface area contributed by atoms with Crippen LogP contribution in [0.1, 0.15) is 24.0 Å². The van der Waals surface area contributed by atoms with E-state index in [4.69, 9.17) is 4.74 Å². The maximum atomic E-state index is 12.7. The van der Waals surface area contributed by atoms with Crippen LogP contribution in [0.5, 0.6) is 5.75 Å². The summed E-state index contributed by atoms with van der Waals surface area (Å²) in [6.07, 6.45) is 2.77. The lowest BCUT2D eigenvalue weighted by Gasteiger charge is -2.28. The highest BCUT2D eigenvalue weighted by Gasteiger charge is 2.19. The van der Waals surface area contributed by atoms with Gasteiger partial charge in [0.1, 0.15) is 12.4 Å². The molecule has 0 bridgehead atoms. The van der Waals surface area contributed by atoms with Crippen molar-refractivity contribution in [3.05, 3.63) is 65.7 Å². The maximum absolute atomic E-state index is 12.7. The van der Waals surface area contributed by atoms with Gasteiger partial charge in [0.2, 0.25) is 5.91 Å². The fourth-order valence-corrected chi connectivity index (χ4v) is 3.39. The SMILES string of the molecule is CN(C[C@H]1CCCNC1)C(=O)Cc1ccccc1OCc1ccccc1. The number of amides is 1. The predicted molar refractivity (Wildman–Crippen MR) is 104 cm³/mol. The lowest BCUT2D eigenvalue weighted by atomic mass is 9.99. The van der Waals surface area contributed by atoms with E-state index in [-0.39, 0.29) is 5.91 Å². The van der Waals surface area contributed by atoms with Gasteiger partial charge in [-0.25, -0.2) is 0 Å². The van der Waals surface area contributed by atoms with Crippen molar-refractivity contribution in [2.24, 2.45) is 5.92 Å². The molecule has 4 nitrogen and oxygen atoms in total. The third-order valence-electron chi connectivity index (χ3n) is 4.91. The second-order valence-corrected chi connectivity index (χ2v) is 7.05. The number of benzene rings is 2. The molecule has 2 aromatic rings. The Hall–Kier alpha value is -2.33. The molecule has 2 aromatic carbocycles. The number of piperidine rings is 1. The molecule has 1 fully saturated rings. The molecule has 26 heavy (non-hydrogen) atoms. The van der Waals surface area contributed by atoms with E-state index in [9.17, 15) is 4.79 Å². The monoisotopic (exact) mass is 352 g/mol. The first-order valence-electron chi connectivity index (χ1n) is 9.41. The Balaban J connectivity index is 1.57. The molecule has 0 aromatic heterocycles. The summed E-state index contributed by atoms with van der Waals surface area (Å²) < 4.78 is 5.97. The van der Waals surface area contributed by atoms with Crippen LogP contribution in [0.3, 0.4) is 0 Å². The molecule has 0 unspecified atom stereocenters. The van der Waals surface area contributed by atoms with Gasteiger partial charge in [-0.3, -0.25) is 4.79 Å². The van der Waals surface area contributed by atoms with Gasteiger partial charge in [0.15, 0.2) is 0 Å². The Labute approximate surface area is 156 Å². The Morgan fingerprint density at radius 1 is 1.15 bits per heavy atom. The van der Waals surface area contributed by atoms with Crippen LogP contribution in [0, 0.1) is 5.92 Å². The van der Waals surface area contributed by atoms with Gasteiger partial charge >= 0.3 is 0 Å². The zero-order chi connectivity index (χ0) is 18.2. The Morgan fingerprint density at radius 2 is 1.92 bits per heavy atom. The summed E-state index contributed by atoms with van der Waals surface area (Å²) in [7, 11) is 1.91.